The molecule has 0 N–H and O–H groups in total. The van der Waals surface area contributed by atoms with E-state index in [9.17, 15) is 14.4 Å². The minimum atomic E-state index is -1.33. The van der Waals surface area contributed by atoms with Crippen molar-refractivity contribution in [2.24, 2.45) is 0 Å². The normalized spacial score (nSPS) is 15.3. The van der Waals surface area contributed by atoms with Crippen LogP contribution in [0.5, 0.6) is 5.88 Å². The topological polar surface area (TPSA) is 121 Å². The Bertz CT molecular complexity index is 1700. The number of aromatic nitrogens is 3. The van der Waals surface area contributed by atoms with Crippen LogP contribution in [0.25, 0.3) is 0 Å². The van der Waals surface area contributed by atoms with Gasteiger partial charge in [-0.2, -0.15) is 10.2 Å². The van der Waals surface area contributed by atoms with Gasteiger partial charge in [-0.1, -0.05) is 68.4 Å². The number of esters is 1. The number of hydrogen-bond donors (Lipinski definition) is 0. The number of nitrogens with zero attached hydrogens (tertiary/aromatic N) is 4. The molecule has 2 aromatic heterocycles. The van der Waals surface area contributed by atoms with Gasteiger partial charge in [-0.15, -0.1) is 0 Å². The molecule has 1 aliphatic heterocycles. The first kappa shape index (κ1) is 31.1. The second-order valence-corrected chi connectivity index (χ2v) is 10.7. The molecule has 2 aromatic carbocycles. The molecule has 0 radical (unpaired) electrons. The Morgan fingerprint density at radius 1 is 0.911 bits per heavy atom. The Kier molecular flexibility index (Phi) is 9.32. The first-order chi connectivity index (χ1) is 21.7. The number of rotatable bonds is 11. The molecule has 0 fully saturated rings. The number of ether oxygens (including phenoxy) is 3. The predicted molar refractivity (Wildman–Crippen MR) is 167 cm³/mol. The van der Waals surface area contributed by atoms with Gasteiger partial charge in [0.15, 0.2) is 11.5 Å². The lowest BCUT2D eigenvalue weighted by Crippen LogP contribution is -2.32. The van der Waals surface area contributed by atoms with E-state index in [-0.39, 0.29) is 17.3 Å². The number of methoxy groups -OCH3 is 1. The minimum absolute atomic E-state index is 0.00849. The van der Waals surface area contributed by atoms with E-state index in [2.05, 4.69) is 29.0 Å². The average molecular weight is 607 g/mol. The van der Waals surface area contributed by atoms with E-state index in [1.54, 1.807) is 73.7 Å². The summed E-state index contributed by atoms with van der Waals surface area (Å²) in [6, 6.07) is 21.6. The second kappa shape index (κ2) is 13.5. The zero-order chi connectivity index (χ0) is 32.1. The lowest BCUT2D eigenvalue weighted by molar-refractivity contribution is -0.152. The van der Waals surface area contributed by atoms with Crippen LogP contribution in [-0.4, -0.2) is 46.6 Å². The largest absolute Gasteiger partial charge is 0.478 e. The summed E-state index contributed by atoms with van der Waals surface area (Å²) in [5, 5.41) is 8.60. The molecular formula is C35H34N4O6. The maximum absolute atomic E-state index is 14.5. The Hall–Kier alpha value is -5.38. The summed E-state index contributed by atoms with van der Waals surface area (Å²) >= 11 is 0. The first-order valence-electron chi connectivity index (χ1n) is 14.6. The van der Waals surface area contributed by atoms with E-state index in [4.69, 9.17) is 14.2 Å². The van der Waals surface area contributed by atoms with Gasteiger partial charge in [0.2, 0.25) is 12.0 Å². The van der Waals surface area contributed by atoms with E-state index in [1.807, 2.05) is 19.1 Å². The van der Waals surface area contributed by atoms with Gasteiger partial charge in [-0.25, -0.2) is 9.78 Å². The van der Waals surface area contributed by atoms with Crippen LogP contribution in [0.3, 0.4) is 0 Å². The Labute approximate surface area is 261 Å². The van der Waals surface area contributed by atoms with Crippen molar-refractivity contribution in [3.63, 3.8) is 0 Å². The van der Waals surface area contributed by atoms with Crippen LogP contribution < -0.4 is 9.64 Å². The first-order valence-corrected chi connectivity index (χ1v) is 14.6. The third-order valence-corrected chi connectivity index (χ3v) is 7.42. The lowest BCUT2D eigenvalue weighted by Gasteiger charge is -2.25. The molecule has 0 saturated heterocycles. The number of benzene rings is 2. The van der Waals surface area contributed by atoms with Crippen molar-refractivity contribution in [1.82, 2.24) is 15.2 Å². The number of amides is 1. The Morgan fingerprint density at radius 3 is 2.22 bits per heavy atom. The average Bonchev–Trinajstić information content (AvgIpc) is 3.35. The maximum Gasteiger partial charge on any atom is 0.351 e. The third kappa shape index (κ3) is 6.45. The van der Waals surface area contributed by atoms with Crippen LogP contribution in [-0.2, 0) is 19.1 Å². The van der Waals surface area contributed by atoms with E-state index >= 15 is 0 Å². The van der Waals surface area contributed by atoms with Gasteiger partial charge in [0, 0.05) is 17.2 Å². The van der Waals surface area contributed by atoms with Gasteiger partial charge in [-0.05, 0) is 43.5 Å². The zero-order valence-electron chi connectivity index (χ0n) is 25.8. The molecule has 0 bridgehead atoms. The van der Waals surface area contributed by atoms with Gasteiger partial charge in [0.05, 0.1) is 42.6 Å². The van der Waals surface area contributed by atoms with Crippen molar-refractivity contribution < 1.29 is 28.6 Å². The quantitative estimate of drug-likeness (QED) is 0.153. The van der Waals surface area contributed by atoms with Crippen LogP contribution in [0.15, 0.2) is 96.4 Å². The van der Waals surface area contributed by atoms with Crippen LogP contribution >= 0.6 is 0 Å². The molecule has 45 heavy (non-hydrogen) atoms. The number of aryl methyl sites for hydroxylation is 1. The van der Waals surface area contributed by atoms with Crippen molar-refractivity contribution in [3.8, 4) is 5.88 Å². The fraction of sp³-hybridized carbons (Fsp3) is 0.257. The summed E-state index contributed by atoms with van der Waals surface area (Å²) in [5.41, 5.74) is 3.21. The highest BCUT2D eigenvalue weighted by molar-refractivity contribution is 6.21. The molecule has 3 heterocycles. The number of ketones is 1. The standard InChI is InChI=1S/C35H34N4O6/c1-6-44-28-19-17-26(20-36-28)39-30(27-18-12-22(4)37-38-27)29(31(40)24-15-13-23(14-16-24)21(2)3)33(34(39)41)45-32(35(42)43-5)25-10-8-7-9-11-25/h7-21,30,32H,6H2,1-5H3/t30-,32-/m1/s1. The number of Topliss-reactive ketones (excluding diaryl/α,β-unsaturated/α-hetero) is 1. The molecule has 1 amide bonds. The second-order valence-electron chi connectivity index (χ2n) is 10.7. The Morgan fingerprint density at radius 2 is 1.64 bits per heavy atom. The summed E-state index contributed by atoms with van der Waals surface area (Å²) in [4.78, 5) is 47.8. The third-order valence-electron chi connectivity index (χ3n) is 7.42. The van der Waals surface area contributed by atoms with Gasteiger partial charge >= 0.3 is 5.97 Å². The minimum Gasteiger partial charge on any atom is -0.478 e. The number of carbonyl (C=O) groups excluding carboxylic acids is 3. The number of hydrogen-bond acceptors (Lipinski definition) is 9. The molecule has 2 atom stereocenters. The summed E-state index contributed by atoms with van der Waals surface area (Å²) in [6.45, 7) is 8.17. The van der Waals surface area contributed by atoms with E-state index < -0.39 is 29.8 Å². The molecule has 0 spiro atoms. The molecule has 4 aromatic rings. The van der Waals surface area contributed by atoms with E-state index in [0.717, 1.165) is 5.56 Å². The van der Waals surface area contributed by atoms with E-state index in [0.29, 0.717) is 40.7 Å². The van der Waals surface area contributed by atoms with E-state index in [1.165, 1.54) is 18.2 Å². The molecule has 0 unspecified atom stereocenters. The lowest BCUT2D eigenvalue weighted by atomic mass is 9.93. The number of carbonyl (C=O) groups is 3. The monoisotopic (exact) mass is 606 g/mol. The maximum atomic E-state index is 14.5. The number of anilines is 1. The number of pyridine rings is 1. The Balaban J connectivity index is 1.72. The van der Waals surface area contributed by atoms with Crippen molar-refractivity contribution in [1.29, 1.82) is 0 Å². The molecule has 0 aliphatic carbocycles. The van der Waals surface area contributed by atoms with Gasteiger partial charge in [0.1, 0.15) is 6.04 Å². The molecule has 10 nitrogen and oxygen atoms in total. The summed E-state index contributed by atoms with van der Waals surface area (Å²) in [6.07, 6.45) is 0.152. The van der Waals surface area contributed by atoms with Crippen molar-refractivity contribution >= 4 is 23.3 Å². The molecule has 0 saturated carbocycles. The fourth-order valence-electron chi connectivity index (χ4n) is 5.07. The fourth-order valence-corrected chi connectivity index (χ4v) is 5.07. The van der Waals surface area contributed by atoms with Crippen LogP contribution in [0, 0.1) is 6.92 Å². The molecule has 5 rings (SSSR count). The zero-order valence-corrected chi connectivity index (χ0v) is 25.8. The summed E-state index contributed by atoms with van der Waals surface area (Å²) < 4.78 is 16.8. The molecule has 10 heteroatoms. The highest BCUT2D eigenvalue weighted by atomic mass is 16.6. The van der Waals surface area contributed by atoms with Crippen molar-refractivity contribution in [3.05, 3.63) is 124 Å². The van der Waals surface area contributed by atoms with Crippen molar-refractivity contribution in [2.75, 3.05) is 18.6 Å². The van der Waals surface area contributed by atoms with Crippen LogP contribution in [0.1, 0.15) is 71.7 Å². The van der Waals surface area contributed by atoms with Crippen LogP contribution in [0.4, 0.5) is 5.69 Å². The molecular weight excluding hydrogens is 572 g/mol. The summed E-state index contributed by atoms with van der Waals surface area (Å²) in [5.74, 6) is -1.51. The van der Waals surface area contributed by atoms with Gasteiger partial charge in [0.25, 0.3) is 5.91 Å². The van der Waals surface area contributed by atoms with Gasteiger partial charge in [-0.3, -0.25) is 14.5 Å². The predicted octanol–water partition coefficient (Wildman–Crippen LogP) is 5.86. The van der Waals surface area contributed by atoms with Crippen LogP contribution in [0.2, 0.25) is 0 Å². The summed E-state index contributed by atoms with van der Waals surface area (Å²) in [7, 11) is 1.23. The highest BCUT2D eigenvalue weighted by Crippen LogP contribution is 2.44. The molecule has 1 aliphatic rings. The highest BCUT2D eigenvalue weighted by Gasteiger charge is 2.48. The van der Waals surface area contributed by atoms with Gasteiger partial charge < -0.3 is 14.2 Å². The van der Waals surface area contributed by atoms with Crippen molar-refractivity contribution in [2.45, 2.75) is 45.8 Å². The SMILES string of the molecule is CCOc1ccc(N2C(=O)C(O[C@@H](C(=O)OC)c3ccccc3)=C(C(=O)c3ccc(C(C)C)cc3)[C@H]2c2ccc(C)nn2)cn1. The smallest absolute Gasteiger partial charge is 0.351 e. The molecule has 230 valence electrons.